The number of ether oxygens (including phenoxy) is 2. The molecule has 128 valence electrons. The molecule has 2 aromatic carbocycles. The summed E-state index contributed by atoms with van der Waals surface area (Å²) in [4.78, 5) is 10.8. The van der Waals surface area contributed by atoms with Gasteiger partial charge in [0, 0.05) is 6.07 Å². The number of hydrogen-bond donors (Lipinski definition) is 1. The molecular formula is C16H16NO6S-. The second-order valence-electron chi connectivity index (χ2n) is 4.94. The van der Waals surface area contributed by atoms with Crippen molar-refractivity contribution in [1.82, 2.24) is 0 Å². The summed E-state index contributed by atoms with van der Waals surface area (Å²) in [7, 11) is -1.14. The molecule has 2 aromatic rings. The first-order valence-corrected chi connectivity index (χ1v) is 8.33. The zero-order valence-corrected chi connectivity index (χ0v) is 14.1. The standard InChI is InChI=1S/C16H17NO6S/c1-10-4-5-11(16(18)19)8-15(10)24(20,21)17-13-7-6-12(22-2)9-14(13)23-3/h4-9,17H,1-3H3,(H,18,19)/p-1. The van der Waals surface area contributed by atoms with Gasteiger partial charge in [0.2, 0.25) is 0 Å². The van der Waals surface area contributed by atoms with Crippen LogP contribution in [0.4, 0.5) is 5.69 Å². The van der Waals surface area contributed by atoms with Crippen LogP contribution < -0.4 is 19.3 Å². The summed E-state index contributed by atoms with van der Waals surface area (Å²) in [5.41, 5.74) is 0.388. The van der Waals surface area contributed by atoms with Crippen molar-refractivity contribution in [3.05, 3.63) is 47.5 Å². The van der Waals surface area contributed by atoms with Crippen LogP contribution in [0.5, 0.6) is 11.5 Å². The molecule has 0 aliphatic heterocycles. The van der Waals surface area contributed by atoms with E-state index in [4.69, 9.17) is 9.47 Å². The Morgan fingerprint density at radius 1 is 1.08 bits per heavy atom. The van der Waals surface area contributed by atoms with E-state index in [1.165, 1.54) is 38.5 Å². The molecule has 0 amide bonds. The van der Waals surface area contributed by atoms with Gasteiger partial charge in [0.15, 0.2) is 0 Å². The molecule has 0 spiro atoms. The van der Waals surface area contributed by atoms with Crippen molar-refractivity contribution in [1.29, 1.82) is 0 Å². The smallest absolute Gasteiger partial charge is 0.262 e. The van der Waals surface area contributed by atoms with E-state index in [2.05, 4.69) is 4.72 Å². The third-order valence-corrected chi connectivity index (χ3v) is 4.87. The predicted molar refractivity (Wildman–Crippen MR) is 85.9 cm³/mol. The molecular weight excluding hydrogens is 334 g/mol. The van der Waals surface area contributed by atoms with Gasteiger partial charge in [0.25, 0.3) is 10.0 Å². The molecule has 0 fully saturated rings. The van der Waals surface area contributed by atoms with Crippen LogP contribution in [-0.4, -0.2) is 28.6 Å². The molecule has 7 nitrogen and oxygen atoms in total. The zero-order valence-electron chi connectivity index (χ0n) is 13.3. The summed E-state index contributed by atoms with van der Waals surface area (Å²) in [5, 5.41) is 11.0. The van der Waals surface area contributed by atoms with Gasteiger partial charge in [-0.05, 0) is 36.2 Å². The van der Waals surface area contributed by atoms with Crippen molar-refractivity contribution in [2.45, 2.75) is 11.8 Å². The number of carboxylic acid groups (broad SMARTS) is 1. The third kappa shape index (κ3) is 3.60. The van der Waals surface area contributed by atoms with Crippen molar-refractivity contribution in [2.75, 3.05) is 18.9 Å². The first kappa shape index (κ1) is 17.6. The molecule has 0 saturated carbocycles. The molecule has 0 bridgehead atoms. The maximum absolute atomic E-state index is 12.6. The van der Waals surface area contributed by atoms with E-state index in [1.807, 2.05) is 0 Å². The molecule has 0 atom stereocenters. The fourth-order valence-corrected chi connectivity index (χ4v) is 3.44. The lowest BCUT2D eigenvalue weighted by Crippen LogP contribution is -2.23. The predicted octanol–water partition coefficient (Wildman–Crippen LogP) is 1.18. The van der Waals surface area contributed by atoms with Gasteiger partial charge in [-0.2, -0.15) is 0 Å². The number of carboxylic acids is 1. The molecule has 8 heteroatoms. The minimum absolute atomic E-state index is 0.151. The first-order chi connectivity index (χ1) is 11.3. The van der Waals surface area contributed by atoms with Gasteiger partial charge in [0.1, 0.15) is 11.5 Å². The maximum atomic E-state index is 12.6. The second kappa shape index (κ2) is 6.79. The number of nitrogens with one attached hydrogen (secondary N) is 1. The van der Waals surface area contributed by atoms with Gasteiger partial charge in [-0.15, -0.1) is 0 Å². The van der Waals surface area contributed by atoms with Crippen molar-refractivity contribution in [2.24, 2.45) is 0 Å². The molecule has 0 radical (unpaired) electrons. The van der Waals surface area contributed by atoms with Crippen LogP contribution in [0, 0.1) is 6.92 Å². The Morgan fingerprint density at radius 2 is 1.79 bits per heavy atom. The summed E-state index contributed by atoms with van der Waals surface area (Å²) in [6.45, 7) is 1.57. The van der Waals surface area contributed by atoms with E-state index in [0.717, 1.165) is 6.07 Å². The molecule has 1 N–H and O–H groups in total. The second-order valence-corrected chi connectivity index (χ2v) is 6.59. The van der Waals surface area contributed by atoms with Crippen LogP contribution in [0.2, 0.25) is 0 Å². The van der Waals surface area contributed by atoms with E-state index in [-0.39, 0.29) is 21.9 Å². The van der Waals surface area contributed by atoms with Crippen LogP contribution in [0.3, 0.4) is 0 Å². The van der Waals surface area contributed by atoms with Crippen LogP contribution in [0.1, 0.15) is 15.9 Å². The minimum atomic E-state index is -4.01. The minimum Gasteiger partial charge on any atom is -0.545 e. The highest BCUT2D eigenvalue weighted by molar-refractivity contribution is 7.92. The molecule has 0 aromatic heterocycles. The molecule has 24 heavy (non-hydrogen) atoms. The summed E-state index contributed by atoms with van der Waals surface area (Å²) in [5.74, 6) is -0.676. The van der Waals surface area contributed by atoms with Gasteiger partial charge < -0.3 is 19.4 Å². The average molecular weight is 350 g/mol. The lowest BCUT2D eigenvalue weighted by Gasteiger charge is -2.15. The molecule has 0 heterocycles. The van der Waals surface area contributed by atoms with E-state index in [9.17, 15) is 18.3 Å². The number of rotatable bonds is 6. The Hall–Kier alpha value is -2.74. The fourth-order valence-electron chi connectivity index (χ4n) is 2.10. The van der Waals surface area contributed by atoms with Crippen LogP contribution >= 0.6 is 0 Å². The number of aryl methyl sites for hydroxylation is 1. The van der Waals surface area contributed by atoms with Gasteiger partial charge >= 0.3 is 0 Å². The Kier molecular flexibility index (Phi) is 4.99. The van der Waals surface area contributed by atoms with Gasteiger partial charge in [-0.25, -0.2) is 8.42 Å². The Bertz CT molecular complexity index is 876. The Morgan fingerprint density at radius 3 is 2.38 bits per heavy atom. The zero-order chi connectivity index (χ0) is 17.9. The topological polar surface area (TPSA) is 105 Å². The van der Waals surface area contributed by atoms with E-state index >= 15 is 0 Å². The number of methoxy groups -OCH3 is 2. The van der Waals surface area contributed by atoms with Gasteiger partial charge in [-0.3, -0.25) is 4.72 Å². The van der Waals surface area contributed by atoms with Crippen molar-refractivity contribution >= 4 is 21.7 Å². The van der Waals surface area contributed by atoms with Crippen molar-refractivity contribution < 1.29 is 27.8 Å². The number of carbonyl (C=O) groups is 1. The van der Waals surface area contributed by atoms with Crippen LogP contribution in [0.15, 0.2) is 41.3 Å². The molecule has 0 saturated heterocycles. The van der Waals surface area contributed by atoms with Crippen LogP contribution in [-0.2, 0) is 10.0 Å². The lowest BCUT2D eigenvalue weighted by molar-refractivity contribution is -0.255. The fraction of sp³-hybridized carbons (Fsp3) is 0.188. The SMILES string of the molecule is COc1ccc(NS(=O)(=O)c2cc(C(=O)[O-])ccc2C)c(OC)c1. The molecule has 0 unspecified atom stereocenters. The normalized spacial score (nSPS) is 11.0. The number of aromatic carboxylic acids is 1. The molecule has 0 aliphatic rings. The highest BCUT2D eigenvalue weighted by Gasteiger charge is 2.20. The number of anilines is 1. The summed E-state index contributed by atoms with van der Waals surface area (Å²) in [6, 6.07) is 8.35. The Balaban J connectivity index is 2.46. The van der Waals surface area contributed by atoms with Crippen LogP contribution in [0.25, 0.3) is 0 Å². The average Bonchev–Trinajstić information content (AvgIpc) is 2.54. The largest absolute Gasteiger partial charge is 0.545 e. The monoisotopic (exact) mass is 350 g/mol. The third-order valence-electron chi connectivity index (χ3n) is 3.37. The quantitative estimate of drug-likeness (QED) is 0.839. The highest BCUT2D eigenvalue weighted by atomic mass is 32.2. The molecule has 2 rings (SSSR count). The van der Waals surface area contributed by atoms with E-state index in [1.54, 1.807) is 13.0 Å². The number of sulfonamides is 1. The van der Waals surface area contributed by atoms with Crippen molar-refractivity contribution in [3.63, 3.8) is 0 Å². The molecule has 0 aliphatic carbocycles. The van der Waals surface area contributed by atoms with E-state index < -0.39 is 16.0 Å². The Labute approximate surface area is 139 Å². The lowest BCUT2D eigenvalue weighted by atomic mass is 10.1. The van der Waals surface area contributed by atoms with Gasteiger partial charge in [0.05, 0.1) is 30.8 Å². The summed E-state index contributed by atoms with van der Waals surface area (Å²) >= 11 is 0. The van der Waals surface area contributed by atoms with Gasteiger partial charge in [-0.1, -0.05) is 12.1 Å². The first-order valence-electron chi connectivity index (χ1n) is 6.85. The van der Waals surface area contributed by atoms with Crippen molar-refractivity contribution in [3.8, 4) is 11.5 Å². The number of benzene rings is 2. The highest BCUT2D eigenvalue weighted by Crippen LogP contribution is 2.31. The number of carbonyl (C=O) groups excluding carboxylic acids is 1. The number of hydrogen-bond acceptors (Lipinski definition) is 6. The van der Waals surface area contributed by atoms with E-state index in [0.29, 0.717) is 11.3 Å². The summed E-state index contributed by atoms with van der Waals surface area (Å²) < 4.78 is 37.8. The maximum Gasteiger partial charge on any atom is 0.262 e. The summed E-state index contributed by atoms with van der Waals surface area (Å²) in [6.07, 6.45) is 0.